The molecule has 14 nitrogen and oxygen atoms in total. The molecule has 268 valence electrons. The van der Waals surface area contributed by atoms with Crippen molar-refractivity contribution in [3.8, 4) is 0 Å². The summed E-state index contributed by atoms with van der Waals surface area (Å²) >= 11 is 0. The summed E-state index contributed by atoms with van der Waals surface area (Å²) in [6, 6.07) is 0. The Kier molecular flexibility index (Phi) is 33.5. The lowest BCUT2D eigenvalue weighted by Crippen LogP contribution is -2.33. The van der Waals surface area contributed by atoms with Gasteiger partial charge in [-0.1, -0.05) is 6.92 Å². The van der Waals surface area contributed by atoms with E-state index >= 15 is 0 Å². The predicted molar refractivity (Wildman–Crippen MR) is 166 cm³/mol. The van der Waals surface area contributed by atoms with Gasteiger partial charge in [0.1, 0.15) is 6.61 Å². The summed E-state index contributed by atoms with van der Waals surface area (Å²) in [5.74, 6) is -0.187. The number of carbonyl (C=O) groups is 1. The zero-order valence-corrected chi connectivity index (χ0v) is 27.7. The number of nitrogens with one attached hydrogen (secondary N) is 1. The van der Waals surface area contributed by atoms with E-state index in [9.17, 15) is 4.79 Å². The van der Waals surface area contributed by atoms with Crippen LogP contribution in [0.1, 0.15) is 32.6 Å². The molecule has 0 unspecified atom stereocenters. The van der Waals surface area contributed by atoms with Gasteiger partial charge in [-0.3, -0.25) is 4.79 Å². The van der Waals surface area contributed by atoms with Crippen LogP contribution in [0, 0.1) is 0 Å². The Balaban J connectivity index is 1.61. The lowest BCUT2D eigenvalue weighted by Gasteiger charge is -2.22. The molecular weight excluding hydrogens is 594 g/mol. The first-order valence-corrected chi connectivity index (χ1v) is 16.6. The second-order valence-corrected chi connectivity index (χ2v) is 9.91. The van der Waals surface area contributed by atoms with E-state index in [0.29, 0.717) is 151 Å². The quantitative estimate of drug-likeness (QED) is 0.0765. The maximum absolute atomic E-state index is 11.2. The number of ether oxygens (including phenoxy) is 12. The number of rotatable bonds is 36. The van der Waals surface area contributed by atoms with Crippen LogP contribution in [0.5, 0.6) is 0 Å². The molecule has 1 rings (SSSR count). The van der Waals surface area contributed by atoms with Crippen LogP contribution < -0.4 is 5.32 Å². The standard InChI is InChI=1S/C31H61NO13/c1-2-3-31(33)45-29-27-43-25-23-41-21-19-39-17-15-37-13-11-35-9-8-34-10-12-36-14-16-38-18-20-40-22-24-42-26-28-44-30-4-6-32-7-5-30/h30,32H,2-29H2,1H3. The summed E-state index contributed by atoms with van der Waals surface area (Å²) in [7, 11) is 0. The molecule has 0 bridgehead atoms. The summed E-state index contributed by atoms with van der Waals surface area (Å²) in [6.45, 7) is 15.0. The lowest BCUT2D eigenvalue weighted by atomic mass is 10.1. The van der Waals surface area contributed by atoms with Gasteiger partial charge in [0.15, 0.2) is 0 Å². The molecule has 0 amide bonds. The Bertz CT molecular complexity index is 600. The van der Waals surface area contributed by atoms with E-state index < -0.39 is 0 Å². The van der Waals surface area contributed by atoms with E-state index in [4.69, 9.17) is 56.8 Å². The number of hydrogen-bond donors (Lipinski definition) is 1. The van der Waals surface area contributed by atoms with Crippen molar-refractivity contribution >= 4 is 5.97 Å². The summed E-state index contributed by atoms with van der Waals surface area (Å²) in [4.78, 5) is 11.2. The van der Waals surface area contributed by atoms with E-state index in [0.717, 1.165) is 32.4 Å². The van der Waals surface area contributed by atoms with Gasteiger partial charge in [0.2, 0.25) is 0 Å². The monoisotopic (exact) mass is 655 g/mol. The van der Waals surface area contributed by atoms with Gasteiger partial charge in [-0.25, -0.2) is 0 Å². The Morgan fingerprint density at radius 1 is 0.467 bits per heavy atom. The van der Waals surface area contributed by atoms with Crippen LogP contribution in [-0.2, 0) is 61.6 Å². The molecule has 1 heterocycles. The molecule has 45 heavy (non-hydrogen) atoms. The maximum Gasteiger partial charge on any atom is 0.305 e. The zero-order valence-electron chi connectivity index (χ0n) is 27.7. The second-order valence-electron chi connectivity index (χ2n) is 9.91. The highest BCUT2D eigenvalue weighted by Gasteiger charge is 2.12. The minimum absolute atomic E-state index is 0.187. The van der Waals surface area contributed by atoms with Crippen molar-refractivity contribution in [2.75, 3.05) is 158 Å². The molecular formula is C31H61NO13. The Morgan fingerprint density at radius 3 is 1.07 bits per heavy atom. The van der Waals surface area contributed by atoms with Crippen LogP contribution in [0.3, 0.4) is 0 Å². The lowest BCUT2D eigenvalue weighted by molar-refractivity contribution is -0.145. The Hall–Kier alpha value is -1.01. The van der Waals surface area contributed by atoms with Crippen molar-refractivity contribution in [2.24, 2.45) is 0 Å². The van der Waals surface area contributed by atoms with Crippen molar-refractivity contribution in [3.63, 3.8) is 0 Å². The smallest absolute Gasteiger partial charge is 0.305 e. The molecule has 1 fully saturated rings. The van der Waals surface area contributed by atoms with E-state index in [1.165, 1.54) is 0 Å². The number of esters is 1. The minimum atomic E-state index is -0.187. The van der Waals surface area contributed by atoms with E-state index in [-0.39, 0.29) is 12.6 Å². The van der Waals surface area contributed by atoms with Crippen molar-refractivity contribution < 1.29 is 61.6 Å². The van der Waals surface area contributed by atoms with Crippen LogP contribution in [0.4, 0.5) is 0 Å². The van der Waals surface area contributed by atoms with Crippen LogP contribution in [0.25, 0.3) is 0 Å². The molecule has 1 N–H and O–H groups in total. The van der Waals surface area contributed by atoms with Crippen LogP contribution in [0.15, 0.2) is 0 Å². The van der Waals surface area contributed by atoms with Crippen molar-refractivity contribution in [2.45, 2.75) is 38.7 Å². The van der Waals surface area contributed by atoms with Gasteiger partial charge in [-0.15, -0.1) is 0 Å². The number of piperidine rings is 1. The van der Waals surface area contributed by atoms with Crippen molar-refractivity contribution in [3.05, 3.63) is 0 Å². The molecule has 0 saturated carbocycles. The van der Waals surface area contributed by atoms with Crippen LogP contribution >= 0.6 is 0 Å². The zero-order chi connectivity index (χ0) is 32.1. The molecule has 0 aliphatic carbocycles. The maximum atomic E-state index is 11.2. The minimum Gasteiger partial charge on any atom is -0.463 e. The molecule has 1 aliphatic heterocycles. The fourth-order valence-corrected chi connectivity index (χ4v) is 3.81. The van der Waals surface area contributed by atoms with Gasteiger partial charge in [0, 0.05) is 6.42 Å². The first-order chi connectivity index (χ1) is 22.3. The summed E-state index contributed by atoms with van der Waals surface area (Å²) in [5, 5.41) is 3.33. The van der Waals surface area contributed by atoms with Crippen molar-refractivity contribution in [1.29, 1.82) is 0 Å². The second kappa shape index (κ2) is 35.8. The average molecular weight is 656 g/mol. The fourth-order valence-electron chi connectivity index (χ4n) is 3.81. The third-order valence-corrected chi connectivity index (χ3v) is 6.16. The van der Waals surface area contributed by atoms with E-state index in [1.807, 2.05) is 6.92 Å². The molecule has 14 heteroatoms. The average Bonchev–Trinajstić information content (AvgIpc) is 3.05. The first-order valence-electron chi connectivity index (χ1n) is 16.6. The summed E-state index contributed by atoms with van der Waals surface area (Å²) in [5.41, 5.74) is 0. The first kappa shape index (κ1) is 42.0. The molecule has 1 aliphatic rings. The van der Waals surface area contributed by atoms with Crippen LogP contribution in [0.2, 0.25) is 0 Å². The SMILES string of the molecule is CCCC(=O)OCCOCCOCCOCCOCCOCCOCCOCCOCCOCCOCCOC1CCNCC1. The van der Waals surface area contributed by atoms with Gasteiger partial charge < -0.3 is 62.2 Å². The third kappa shape index (κ3) is 32.7. The van der Waals surface area contributed by atoms with Gasteiger partial charge in [-0.2, -0.15) is 0 Å². The van der Waals surface area contributed by atoms with Crippen LogP contribution in [-0.4, -0.2) is 171 Å². The summed E-state index contributed by atoms with van der Waals surface area (Å²) < 4.78 is 65.4. The molecule has 0 aromatic carbocycles. The molecule has 0 radical (unpaired) electrons. The van der Waals surface area contributed by atoms with Crippen molar-refractivity contribution in [1.82, 2.24) is 5.32 Å². The highest BCUT2D eigenvalue weighted by Crippen LogP contribution is 2.06. The fraction of sp³-hybridized carbons (Fsp3) is 0.968. The predicted octanol–water partition coefficient (Wildman–Crippen LogP) is 1.26. The molecule has 0 aromatic heterocycles. The highest BCUT2D eigenvalue weighted by molar-refractivity contribution is 5.69. The van der Waals surface area contributed by atoms with Gasteiger partial charge in [0.05, 0.1) is 145 Å². The molecule has 0 aromatic rings. The Labute approximate surface area is 270 Å². The topological polar surface area (TPSA) is 140 Å². The van der Waals surface area contributed by atoms with Gasteiger partial charge in [-0.05, 0) is 32.4 Å². The van der Waals surface area contributed by atoms with E-state index in [1.54, 1.807) is 0 Å². The summed E-state index contributed by atoms with van der Waals surface area (Å²) in [6.07, 6.45) is 3.76. The Morgan fingerprint density at radius 2 is 0.756 bits per heavy atom. The number of hydrogen-bond acceptors (Lipinski definition) is 14. The largest absolute Gasteiger partial charge is 0.463 e. The third-order valence-electron chi connectivity index (χ3n) is 6.16. The highest BCUT2D eigenvalue weighted by atomic mass is 16.6. The van der Waals surface area contributed by atoms with Gasteiger partial charge >= 0.3 is 5.97 Å². The van der Waals surface area contributed by atoms with E-state index in [2.05, 4.69) is 5.32 Å². The van der Waals surface area contributed by atoms with Gasteiger partial charge in [0.25, 0.3) is 0 Å². The molecule has 0 spiro atoms. The molecule has 0 atom stereocenters. The molecule has 1 saturated heterocycles. The number of carbonyl (C=O) groups excluding carboxylic acids is 1. The normalized spacial score (nSPS) is 13.9.